The summed E-state index contributed by atoms with van der Waals surface area (Å²) in [5, 5.41) is 1.16. The number of carbonyl (C=O) groups is 1. The zero-order valence-corrected chi connectivity index (χ0v) is 27.7. The number of carbonyl (C=O) groups excluding carboxylic acids is 1. The molecule has 0 aliphatic heterocycles. The molecule has 3 rings (SSSR count). The first-order valence-electron chi connectivity index (χ1n) is 14.5. The molecule has 0 fully saturated rings. The molecular weight excluding hydrogens is 514 g/mol. The summed E-state index contributed by atoms with van der Waals surface area (Å²) in [6, 6.07) is 19.2. The van der Waals surface area contributed by atoms with Gasteiger partial charge in [-0.05, 0) is 82.6 Å². The van der Waals surface area contributed by atoms with E-state index in [2.05, 4.69) is 102 Å². The lowest BCUT2D eigenvalue weighted by molar-refractivity contribution is -0.180. The van der Waals surface area contributed by atoms with Crippen LogP contribution in [0.25, 0.3) is 22.2 Å². The third-order valence-corrected chi connectivity index (χ3v) is 8.10. The third kappa shape index (κ3) is 7.46. The van der Waals surface area contributed by atoms with Crippen LogP contribution in [0.4, 0.5) is 0 Å². The van der Waals surface area contributed by atoms with Crippen molar-refractivity contribution in [2.75, 3.05) is 0 Å². The predicted octanol–water partition coefficient (Wildman–Crippen LogP) is 10.1. The molecule has 0 spiro atoms. The fourth-order valence-corrected chi connectivity index (χ4v) is 6.32. The monoisotopic (exact) mass is 565 g/mol. The highest BCUT2D eigenvalue weighted by Gasteiger charge is 2.49. The smallest absolute Gasteiger partial charge is 0.312 e. The maximum Gasteiger partial charge on any atom is 0.312 e. The molecule has 2 unspecified atom stereocenters. The maximum absolute atomic E-state index is 13.7. The summed E-state index contributed by atoms with van der Waals surface area (Å²) in [5.74, 6) is 0.563. The van der Waals surface area contributed by atoms with Gasteiger partial charge in [0.2, 0.25) is 0 Å². The summed E-state index contributed by atoms with van der Waals surface area (Å²) < 4.78 is 15.1. The minimum Gasteiger partial charge on any atom is -0.477 e. The van der Waals surface area contributed by atoms with Gasteiger partial charge < -0.3 is 14.0 Å². The first-order chi connectivity index (χ1) is 18.1. The highest BCUT2D eigenvalue weighted by atomic mass is 32.1. The van der Waals surface area contributed by atoms with Crippen molar-refractivity contribution in [2.24, 2.45) is 16.2 Å². The van der Waals surface area contributed by atoms with Gasteiger partial charge in [0.1, 0.15) is 11.4 Å². The molecule has 0 radical (unpaired) electrons. The molecular formula is C35H51NO3S. The van der Waals surface area contributed by atoms with E-state index in [9.17, 15) is 4.79 Å². The van der Waals surface area contributed by atoms with Crippen molar-refractivity contribution in [2.45, 2.75) is 113 Å². The van der Waals surface area contributed by atoms with Crippen molar-refractivity contribution in [1.82, 2.24) is 4.57 Å². The average Bonchev–Trinajstić information content (AvgIpc) is 3.15. The van der Waals surface area contributed by atoms with Gasteiger partial charge in [-0.3, -0.25) is 4.79 Å². The normalized spacial score (nSPS) is 16.1. The van der Waals surface area contributed by atoms with E-state index in [1.807, 2.05) is 39.8 Å². The summed E-state index contributed by atoms with van der Waals surface area (Å²) in [4.78, 5) is 12.9. The third-order valence-electron chi connectivity index (χ3n) is 7.85. The Morgan fingerprint density at radius 1 is 0.850 bits per heavy atom. The molecule has 0 N–H and O–H groups in total. The molecule has 0 bridgehead atoms. The topological polar surface area (TPSA) is 40.5 Å². The lowest BCUT2D eigenvalue weighted by Crippen LogP contribution is -2.48. The number of nitrogens with zero attached hydrogens (tertiary/aromatic N) is 1. The fourth-order valence-electron chi connectivity index (χ4n) is 5.84. The number of aromatic nitrogens is 1. The second-order valence-corrected chi connectivity index (χ2v) is 15.9. The molecule has 40 heavy (non-hydrogen) atoms. The van der Waals surface area contributed by atoms with Crippen molar-refractivity contribution in [3.8, 4) is 17.0 Å². The molecule has 4 nitrogen and oxygen atoms in total. The highest BCUT2D eigenvalue weighted by Crippen LogP contribution is 2.48. The highest BCUT2D eigenvalue weighted by molar-refractivity contribution is 7.81. The predicted molar refractivity (Wildman–Crippen MR) is 172 cm³/mol. The van der Waals surface area contributed by atoms with Crippen LogP contribution in [0.1, 0.15) is 102 Å². The zero-order valence-electron chi connectivity index (χ0n) is 26.8. The van der Waals surface area contributed by atoms with E-state index in [0.717, 1.165) is 23.1 Å². The van der Waals surface area contributed by atoms with Crippen molar-refractivity contribution in [3.05, 3.63) is 54.6 Å². The lowest BCUT2D eigenvalue weighted by Gasteiger charge is -2.45. The molecule has 1 heterocycles. The molecule has 220 valence electrons. The van der Waals surface area contributed by atoms with Gasteiger partial charge in [0.15, 0.2) is 4.93 Å². The van der Waals surface area contributed by atoms with Crippen LogP contribution in [0.5, 0.6) is 5.75 Å². The Morgan fingerprint density at radius 3 is 1.98 bits per heavy atom. The quantitative estimate of drug-likeness (QED) is 0.159. The van der Waals surface area contributed by atoms with Gasteiger partial charge in [-0.25, -0.2) is 0 Å². The van der Waals surface area contributed by atoms with Crippen LogP contribution in [0.2, 0.25) is 0 Å². The van der Waals surface area contributed by atoms with Crippen LogP contribution in [0.3, 0.4) is 0 Å². The minimum absolute atomic E-state index is 0.0148. The van der Waals surface area contributed by atoms with Crippen molar-refractivity contribution in [1.29, 1.82) is 0 Å². The van der Waals surface area contributed by atoms with Crippen molar-refractivity contribution < 1.29 is 14.3 Å². The van der Waals surface area contributed by atoms with Crippen LogP contribution in [-0.4, -0.2) is 21.1 Å². The van der Waals surface area contributed by atoms with E-state index in [1.165, 1.54) is 11.3 Å². The second kappa shape index (κ2) is 11.1. The number of hydrogen-bond donors (Lipinski definition) is 1. The number of ether oxygens (including phenoxy) is 2. The summed E-state index contributed by atoms with van der Waals surface area (Å²) in [5.41, 5.74) is 1.80. The Morgan fingerprint density at radius 2 is 1.45 bits per heavy atom. The summed E-state index contributed by atoms with van der Waals surface area (Å²) >= 11 is 4.92. The summed E-state index contributed by atoms with van der Waals surface area (Å²) in [6.07, 6.45) is 1.15. The van der Waals surface area contributed by atoms with E-state index >= 15 is 0 Å². The number of benzene rings is 2. The number of esters is 1. The Balaban J connectivity index is 1.85. The SMILES string of the molecule is CC(C)n1c(-c2ccccc2)cc2ccc(OC(C)(S)CC(C)(C)OC(=O)C(C)(CC(C)(C)C)C(C)(C)C)cc21. The molecule has 0 saturated heterocycles. The van der Waals surface area contributed by atoms with Crippen LogP contribution in [0, 0.1) is 16.2 Å². The number of hydrogen-bond acceptors (Lipinski definition) is 4. The van der Waals surface area contributed by atoms with Crippen LogP contribution >= 0.6 is 12.6 Å². The number of fused-ring (bicyclic) bond motifs is 1. The fraction of sp³-hybridized carbons (Fsp3) is 0.571. The number of thiol groups is 1. The molecule has 2 atom stereocenters. The van der Waals surface area contributed by atoms with Gasteiger partial charge in [-0.15, -0.1) is 12.6 Å². The van der Waals surface area contributed by atoms with Gasteiger partial charge in [0.05, 0.1) is 10.9 Å². The first-order valence-corrected chi connectivity index (χ1v) is 14.9. The van der Waals surface area contributed by atoms with Crippen molar-refractivity contribution in [3.63, 3.8) is 0 Å². The van der Waals surface area contributed by atoms with E-state index < -0.39 is 15.9 Å². The average molecular weight is 566 g/mol. The van der Waals surface area contributed by atoms with Crippen molar-refractivity contribution >= 4 is 29.5 Å². The molecule has 3 aromatic rings. The lowest BCUT2D eigenvalue weighted by atomic mass is 9.61. The Bertz CT molecular complexity index is 1320. The minimum atomic E-state index is -0.864. The van der Waals surface area contributed by atoms with Gasteiger partial charge in [-0.1, -0.05) is 71.9 Å². The van der Waals surface area contributed by atoms with Gasteiger partial charge in [0.25, 0.3) is 0 Å². The first kappa shape index (κ1) is 32.1. The van der Waals surface area contributed by atoms with Gasteiger partial charge in [0, 0.05) is 29.6 Å². The number of rotatable bonds is 9. The van der Waals surface area contributed by atoms with Gasteiger partial charge in [-0.2, -0.15) is 0 Å². The van der Waals surface area contributed by atoms with E-state index in [4.69, 9.17) is 22.1 Å². The summed E-state index contributed by atoms with van der Waals surface area (Å²) in [6.45, 7) is 25.1. The Hall–Kier alpha value is -2.40. The molecule has 5 heteroatoms. The van der Waals surface area contributed by atoms with Crippen LogP contribution in [0.15, 0.2) is 54.6 Å². The van der Waals surface area contributed by atoms with Crippen LogP contribution < -0.4 is 4.74 Å². The standard InChI is InChI=1S/C35H51NO3S/c1-24(2)36-28(25-16-14-13-15-17-25)20-26-18-19-27(21-29(26)36)38-35(12,40)23-33(9,10)39-30(37)34(11,32(6,7)8)22-31(3,4)5/h13-21,24,40H,22-23H2,1-12H3. The molecule has 2 aromatic carbocycles. The van der Waals surface area contributed by atoms with E-state index in [-0.39, 0.29) is 22.8 Å². The summed E-state index contributed by atoms with van der Waals surface area (Å²) in [7, 11) is 0. The second-order valence-electron chi connectivity index (χ2n) is 15.0. The largest absolute Gasteiger partial charge is 0.477 e. The Labute approximate surface area is 248 Å². The molecule has 0 amide bonds. The van der Waals surface area contributed by atoms with E-state index in [0.29, 0.717) is 6.42 Å². The van der Waals surface area contributed by atoms with E-state index in [1.54, 1.807) is 0 Å². The van der Waals surface area contributed by atoms with Gasteiger partial charge >= 0.3 is 5.97 Å². The maximum atomic E-state index is 13.7. The molecule has 0 saturated carbocycles. The zero-order chi connectivity index (χ0) is 30.3. The molecule has 0 aliphatic carbocycles. The molecule has 0 aliphatic rings. The van der Waals surface area contributed by atoms with Crippen LogP contribution in [-0.2, 0) is 9.53 Å². The Kier molecular flexibility index (Phi) is 8.93. The molecule has 1 aromatic heterocycles.